The topological polar surface area (TPSA) is 58.9 Å². The Morgan fingerprint density at radius 2 is 1.81 bits per heavy atom. The lowest BCUT2D eigenvalue weighted by molar-refractivity contribution is -0.149. The highest BCUT2D eigenvalue weighted by molar-refractivity contribution is 5.58. The molecular weight excluding hydrogens is 395 g/mol. The first kappa shape index (κ1) is 20.0. The molecule has 5 rings (SSSR count). The molecule has 0 amide bonds. The maximum Gasteiger partial charge on any atom is 0.176 e. The van der Waals surface area contributed by atoms with Gasteiger partial charge in [-0.25, -0.2) is 4.39 Å². The fourth-order valence-electron chi connectivity index (χ4n) is 5.66. The Balaban J connectivity index is 1.81. The summed E-state index contributed by atoms with van der Waals surface area (Å²) in [6.45, 7) is 3.88. The van der Waals surface area contributed by atoms with Crippen LogP contribution < -0.4 is 9.47 Å². The molecule has 3 aromatic rings. The van der Waals surface area contributed by atoms with E-state index in [0.29, 0.717) is 28.2 Å². The molecule has 160 valence electrons. The summed E-state index contributed by atoms with van der Waals surface area (Å²) >= 11 is 0. The molecule has 1 heterocycles. The fourth-order valence-corrected chi connectivity index (χ4v) is 5.66. The van der Waals surface area contributed by atoms with Crippen LogP contribution >= 0.6 is 0 Å². The normalized spacial score (nSPS) is 28.7. The summed E-state index contributed by atoms with van der Waals surface area (Å²) in [5.41, 5.74) is 0.829. The van der Waals surface area contributed by atoms with Crippen LogP contribution in [0.25, 0.3) is 0 Å². The monoisotopic (exact) mass is 420 g/mol. The molecule has 0 bridgehead atoms. The highest BCUT2D eigenvalue weighted by Gasteiger charge is 2.72. The smallest absolute Gasteiger partial charge is 0.176 e. The third kappa shape index (κ3) is 2.60. The molecule has 0 saturated heterocycles. The van der Waals surface area contributed by atoms with Crippen LogP contribution in [0.15, 0.2) is 60.7 Å². The lowest BCUT2D eigenvalue weighted by atomic mass is 9.70. The molecule has 4 atom stereocenters. The Morgan fingerprint density at radius 1 is 1.06 bits per heavy atom. The standard InChI is InChI=1S/C26H25FO4/c1-15-11-16(2)24-22(12-15)31-26(18-7-9-20(30-3)10-8-18)21(14-23(28)25(24,26)29)17-5-4-6-19(27)13-17/h4-13,21,23,28-29H,14H2,1-3H3/t21-,23+,25+,26-/m0/s1. The Bertz CT molecular complexity index is 1160. The summed E-state index contributed by atoms with van der Waals surface area (Å²) in [5, 5.41) is 23.5. The Hall–Kier alpha value is -2.89. The van der Waals surface area contributed by atoms with E-state index in [-0.39, 0.29) is 12.2 Å². The van der Waals surface area contributed by atoms with E-state index in [1.807, 2.05) is 56.3 Å². The van der Waals surface area contributed by atoms with Gasteiger partial charge in [0.05, 0.1) is 13.2 Å². The highest BCUT2D eigenvalue weighted by Crippen LogP contribution is 2.67. The van der Waals surface area contributed by atoms with E-state index in [4.69, 9.17) is 9.47 Å². The molecule has 0 radical (unpaired) electrons. The maximum absolute atomic E-state index is 14.2. The number of fused-ring (bicyclic) bond motifs is 3. The van der Waals surface area contributed by atoms with Gasteiger partial charge in [-0.15, -0.1) is 0 Å². The number of aryl methyl sites for hydroxylation is 2. The van der Waals surface area contributed by atoms with Gasteiger partial charge in [0.25, 0.3) is 0 Å². The lowest BCUT2D eigenvalue weighted by Crippen LogP contribution is -2.52. The van der Waals surface area contributed by atoms with E-state index in [0.717, 1.165) is 11.1 Å². The number of hydrogen-bond acceptors (Lipinski definition) is 4. The van der Waals surface area contributed by atoms with Crippen LogP contribution in [0.5, 0.6) is 11.5 Å². The van der Waals surface area contributed by atoms with E-state index in [2.05, 4.69) is 0 Å². The van der Waals surface area contributed by atoms with E-state index in [9.17, 15) is 14.6 Å². The summed E-state index contributed by atoms with van der Waals surface area (Å²) in [5.74, 6) is 0.390. The van der Waals surface area contributed by atoms with Crippen LogP contribution in [0.2, 0.25) is 0 Å². The second-order valence-corrected chi connectivity index (χ2v) is 8.65. The second-order valence-electron chi connectivity index (χ2n) is 8.65. The van der Waals surface area contributed by atoms with Gasteiger partial charge in [-0.05, 0) is 72.9 Å². The zero-order valence-electron chi connectivity index (χ0n) is 17.7. The van der Waals surface area contributed by atoms with Crippen molar-refractivity contribution in [3.63, 3.8) is 0 Å². The first-order valence-corrected chi connectivity index (χ1v) is 10.4. The summed E-state index contributed by atoms with van der Waals surface area (Å²) in [4.78, 5) is 0. The van der Waals surface area contributed by atoms with Crippen LogP contribution in [0.3, 0.4) is 0 Å². The SMILES string of the molecule is COc1ccc([C@@]23Oc4cc(C)cc(C)c4[C@]2(O)[C@H](O)C[C@H]3c2cccc(F)c2)cc1. The van der Waals surface area contributed by atoms with Crippen LogP contribution in [-0.2, 0) is 11.2 Å². The fraction of sp³-hybridized carbons (Fsp3) is 0.308. The second kappa shape index (κ2) is 6.81. The molecule has 1 aliphatic heterocycles. The maximum atomic E-state index is 14.2. The van der Waals surface area contributed by atoms with Crippen LogP contribution in [0, 0.1) is 19.7 Å². The first-order chi connectivity index (χ1) is 14.8. The van der Waals surface area contributed by atoms with E-state index >= 15 is 0 Å². The van der Waals surface area contributed by atoms with Crippen molar-refractivity contribution in [2.45, 2.75) is 43.5 Å². The molecule has 0 unspecified atom stereocenters. The molecule has 2 N–H and O–H groups in total. The lowest BCUT2D eigenvalue weighted by Gasteiger charge is -2.41. The zero-order valence-corrected chi connectivity index (χ0v) is 17.7. The van der Waals surface area contributed by atoms with Gasteiger partial charge in [0, 0.05) is 11.5 Å². The van der Waals surface area contributed by atoms with Crippen molar-refractivity contribution in [2.24, 2.45) is 0 Å². The van der Waals surface area contributed by atoms with Crippen molar-refractivity contribution in [3.8, 4) is 11.5 Å². The van der Waals surface area contributed by atoms with Gasteiger partial charge < -0.3 is 19.7 Å². The predicted octanol–water partition coefficient (Wildman–Crippen LogP) is 4.48. The first-order valence-electron chi connectivity index (χ1n) is 10.4. The van der Waals surface area contributed by atoms with Crippen molar-refractivity contribution in [2.75, 3.05) is 7.11 Å². The zero-order chi connectivity index (χ0) is 22.0. The van der Waals surface area contributed by atoms with Crippen LogP contribution in [0.4, 0.5) is 4.39 Å². The van der Waals surface area contributed by atoms with Gasteiger partial charge in [-0.3, -0.25) is 0 Å². The molecule has 5 heteroatoms. The summed E-state index contributed by atoms with van der Waals surface area (Å²) in [6.07, 6.45) is -0.857. The number of aliphatic hydroxyl groups is 2. The Labute approximate surface area is 180 Å². The number of hydrogen-bond donors (Lipinski definition) is 2. The average molecular weight is 420 g/mol. The summed E-state index contributed by atoms with van der Waals surface area (Å²) in [6, 6.07) is 17.5. The van der Waals surface area contributed by atoms with Gasteiger partial charge >= 0.3 is 0 Å². The van der Waals surface area contributed by atoms with Crippen LogP contribution in [-0.4, -0.2) is 23.4 Å². The minimum Gasteiger partial charge on any atom is -0.497 e. The molecule has 31 heavy (non-hydrogen) atoms. The van der Waals surface area contributed by atoms with Gasteiger partial charge in [-0.2, -0.15) is 0 Å². The molecule has 0 aromatic heterocycles. The quantitative estimate of drug-likeness (QED) is 0.656. The van der Waals surface area contributed by atoms with E-state index < -0.39 is 23.2 Å². The predicted molar refractivity (Wildman–Crippen MR) is 115 cm³/mol. The number of benzene rings is 3. The number of halogens is 1. The molecular formula is C26H25FO4. The molecule has 4 nitrogen and oxygen atoms in total. The van der Waals surface area contributed by atoms with E-state index in [1.165, 1.54) is 12.1 Å². The number of rotatable bonds is 3. The van der Waals surface area contributed by atoms with Gasteiger partial charge in [-0.1, -0.05) is 30.3 Å². The molecule has 1 aliphatic carbocycles. The van der Waals surface area contributed by atoms with Crippen molar-refractivity contribution >= 4 is 0 Å². The minimum absolute atomic E-state index is 0.235. The average Bonchev–Trinajstić information content (AvgIpc) is 3.13. The molecule has 1 fully saturated rings. The van der Waals surface area contributed by atoms with Crippen molar-refractivity contribution in [1.29, 1.82) is 0 Å². The third-order valence-corrected chi connectivity index (χ3v) is 6.86. The molecule has 3 aromatic carbocycles. The van der Waals surface area contributed by atoms with Gasteiger partial charge in [0.15, 0.2) is 11.2 Å². The van der Waals surface area contributed by atoms with Crippen molar-refractivity contribution in [1.82, 2.24) is 0 Å². The number of aliphatic hydroxyl groups excluding tert-OH is 1. The van der Waals surface area contributed by atoms with Gasteiger partial charge in [0.1, 0.15) is 17.3 Å². The molecule has 1 saturated carbocycles. The highest BCUT2D eigenvalue weighted by atomic mass is 19.1. The summed E-state index contributed by atoms with van der Waals surface area (Å²) in [7, 11) is 1.59. The van der Waals surface area contributed by atoms with Gasteiger partial charge in [0.2, 0.25) is 0 Å². The van der Waals surface area contributed by atoms with E-state index in [1.54, 1.807) is 13.2 Å². The summed E-state index contributed by atoms with van der Waals surface area (Å²) < 4.78 is 26.1. The third-order valence-electron chi connectivity index (χ3n) is 6.86. The number of methoxy groups -OCH3 is 1. The van der Waals surface area contributed by atoms with Crippen molar-refractivity contribution < 1.29 is 24.1 Å². The molecule has 2 aliphatic rings. The Morgan fingerprint density at radius 3 is 2.48 bits per heavy atom. The van der Waals surface area contributed by atoms with Crippen LogP contribution in [0.1, 0.15) is 40.2 Å². The number of ether oxygens (including phenoxy) is 2. The largest absolute Gasteiger partial charge is 0.497 e. The van der Waals surface area contributed by atoms with Crippen molar-refractivity contribution in [3.05, 3.63) is 94.3 Å². The Kier molecular flexibility index (Phi) is 4.40. The molecule has 0 spiro atoms. The minimum atomic E-state index is -1.69.